The molecule has 26 heavy (non-hydrogen) atoms. The monoisotopic (exact) mass is 415 g/mol. The van der Waals surface area contributed by atoms with Gasteiger partial charge >= 0.3 is 0 Å². The first-order valence-corrected chi connectivity index (χ1v) is 9.28. The smallest absolute Gasteiger partial charge is 0.255 e. The van der Waals surface area contributed by atoms with Crippen LogP contribution >= 0.6 is 34.8 Å². The number of nitrogens with one attached hydrogen (secondary N) is 1. The van der Waals surface area contributed by atoms with Gasteiger partial charge in [0.05, 0.1) is 40.1 Å². The SMILES string of the molecule is CCOc1ccc(C(=O)Nc2cc(Cl)c(Cl)cc2Cl)cc1COC(C)C. The summed E-state index contributed by atoms with van der Waals surface area (Å²) in [6, 6.07) is 8.19. The summed E-state index contributed by atoms with van der Waals surface area (Å²) in [7, 11) is 0. The van der Waals surface area contributed by atoms with E-state index in [9.17, 15) is 4.79 Å². The molecule has 2 rings (SSSR count). The van der Waals surface area contributed by atoms with E-state index in [1.807, 2.05) is 20.8 Å². The Morgan fingerprint density at radius 1 is 1.08 bits per heavy atom. The molecule has 0 saturated heterocycles. The fourth-order valence-corrected chi connectivity index (χ4v) is 2.79. The number of hydrogen-bond donors (Lipinski definition) is 1. The molecule has 0 radical (unpaired) electrons. The number of hydrogen-bond acceptors (Lipinski definition) is 3. The topological polar surface area (TPSA) is 47.6 Å². The molecule has 1 N–H and O–H groups in total. The molecule has 7 heteroatoms. The summed E-state index contributed by atoms with van der Waals surface area (Å²) in [5.41, 5.74) is 1.64. The third-order valence-electron chi connectivity index (χ3n) is 3.45. The number of anilines is 1. The molecule has 0 spiro atoms. The van der Waals surface area contributed by atoms with Gasteiger partial charge in [0, 0.05) is 11.1 Å². The maximum Gasteiger partial charge on any atom is 0.255 e. The Kier molecular flexibility index (Phi) is 7.59. The normalized spacial score (nSPS) is 10.9. The molecule has 2 aromatic carbocycles. The van der Waals surface area contributed by atoms with E-state index in [4.69, 9.17) is 44.3 Å². The molecule has 4 nitrogen and oxygen atoms in total. The van der Waals surface area contributed by atoms with Crippen LogP contribution in [0.5, 0.6) is 5.75 Å². The molecule has 0 unspecified atom stereocenters. The molecule has 0 fully saturated rings. The second-order valence-electron chi connectivity index (χ2n) is 5.82. The lowest BCUT2D eigenvalue weighted by Crippen LogP contribution is -2.13. The van der Waals surface area contributed by atoms with Gasteiger partial charge in [0.1, 0.15) is 5.75 Å². The van der Waals surface area contributed by atoms with Gasteiger partial charge in [0.25, 0.3) is 5.91 Å². The third-order valence-corrected chi connectivity index (χ3v) is 4.49. The number of ether oxygens (including phenoxy) is 2. The van der Waals surface area contributed by atoms with E-state index in [0.29, 0.717) is 45.3 Å². The van der Waals surface area contributed by atoms with Crippen LogP contribution in [0.25, 0.3) is 0 Å². The molecule has 2 aromatic rings. The molecule has 140 valence electrons. The van der Waals surface area contributed by atoms with Crippen molar-refractivity contribution in [2.24, 2.45) is 0 Å². The highest BCUT2D eigenvalue weighted by Crippen LogP contribution is 2.32. The first-order valence-electron chi connectivity index (χ1n) is 8.15. The summed E-state index contributed by atoms with van der Waals surface area (Å²) >= 11 is 18.0. The Balaban J connectivity index is 2.25. The first kappa shape index (κ1) is 20.8. The molecular formula is C19H20Cl3NO3. The van der Waals surface area contributed by atoms with Crippen LogP contribution in [0.15, 0.2) is 30.3 Å². The second-order valence-corrected chi connectivity index (χ2v) is 7.04. The number of halogens is 3. The van der Waals surface area contributed by atoms with Crippen molar-refractivity contribution in [2.75, 3.05) is 11.9 Å². The van der Waals surface area contributed by atoms with Gasteiger partial charge in [-0.2, -0.15) is 0 Å². The van der Waals surface area contributed by atoms with E-state index in [-0.39, 0.29) is 12.0 Å². The van der Waals surface area contributed by atoms with Crippen LogP contribution in [-0.2, 0) is 11.3 Å². The van der Waals surface area contributed by atoms with Crippen molar-refractivity contribution in [2.45, 2.75) is 33.5 Å². The fourth-order valence-electron chi connectivity index (χ4n) is 2.20. The van der Waals surface area contributed by atoms with Gasteiger partial charge in [-0.1, -0.05) is 34.8 Å². The second kappa shape index (κ2) is 9.47. The molecule has 0 aliphatic heterocycles. The Hall–Kier alpha value is -1.46. The maximum atomic E-state index is 12.6. The van der Waals surface area contributed by atoms with Crippen molar-refractivity contribution in [3.63, 3.8) is 0 Å². The molecule has 1 amide bonds. The van der Waals surface area contributed by atoms with E-state index < -0.39 is 0 Å². The molecular weight excluding hydrogens is 397 g/mol. The number of carbonyl (C=O) groups is 1. The number of amides is 1. The van der Waals surface area contributed by atoms with E-state index in [2.05, 4.69) is 5.32 Å². The molecule has 0 aliphatic rings. The average molecular weight is 417 g/mol. The van der Waals surface area contributed by atoms with Crippen molar-refractivity contribution in [3.05, 3.63) is 56.5 Å². The fraction of sp³-hybridized carbons (Fsp3) is 0.316. The minimum Gasteiger partial charge on any atom is -0.494 e. The summed E-state index contributed by atoms with van der Waals surface area (Å²) < 4.78 is 11.3. The summed E-state index contributed by atoms with van der Waals surface area (Å²) in [4.78, 5) is 12.6. The predicted octanol–water partition coefficient (Wildman–Crippen LogP) is 6.22. The van der Waals surface area contributed by atoms with Gasteiger partial charge in [0.15, 0.2) is 0 Å². The Morgan fingerprint density at radius 3 is 2.42 bits per heavy atom. The van der Waals surface area contributed by atoms with E-state index in [1.54, 1.807) is 18.2 Å². The highest BCUT2D eigenvalue weighted by molar-refractivity contribution is 6.44. The van der Waals surface area contributed by atoms with Crippen molar-refractivity contribution in [3.8, 4) is 5.75 Å². The zero-order chi connectivity index (χ0) is 19.3. The van der Waals surface area contributed by atoms with Gasteiger partial charge in [-0.15, -0.1) is 0 Å². The maximum absolute atomic E-state index is 12.6. The van der Waals surface area contributed by atoms with Crippen molar-refractivity contribution in [1.82, 2.24) is 0 Å². The summed E-state index contributed by atoms with van der Waals surface area (Å²) in [6.07, 6.45) is 0.0666. The standard InChI is InChI=1S/C19H20Cl3NO3/c1-4-25-18-6-5-12(7-13(18)10-26-11(2)3)19(24)23-17-9-15(21)14(20)8-16(17)22/h5-9,11H,4,10H2,1-3H3,(H,23,24). The molecule has 0 bridgehead atoms. The average Bonchev–Trinajstić information content (AvgIpc) is 2.58. The highest BCUT2D eigenvalue weighted by Gasteiger charge is 2.14. The number of rotatable bonds is 7. The summed E-state index contributed by atoms with van der Waals surface area (Å²) in [5.74, 6) is 0.372. The van der Waals surface area contributed by atoms with Crippen molar-refractivity contribution in [1.29, 1.82) is 0 Å². The largest absolute Gasteiger partial charge is 0.494 e. The molecule has 0 atom stereocenters. The minimum absolute atomic E-state index is 0.0666. The molecule has 0 aliphatic carbocycles. The lowest BCUT2D eigenvalue weighted by molar-refractivity contribution is 0.0641. The Labute approximate surface area is 168 Å². The number of benzene rings is 2. The quantitative estimate of drug-likeness (QED) is 0.545. The third kappa shape index (κ3) is 5.52. The lowest BCUT2D eigenvalue weighted by atomic mass is 10.1. The van der Waals surface area contributed by atoms with Gasteiger partial charge in [-0.3, -0.25) is 4.79 Å². The van der Waals surface area contributed by atoms with Crippen LogP contribution < -0.4 is 10.1 Å². The van der Waals surface area contributed by atoms with Crippen LogP contribution in [-0.4, -0.2) is 18.6 Å². The van der Waals surface area contributed by atoms with E-state index >= 15 is 0 Å². The molecule has 0 saturated carbocycles. The lowest BCUT2D eigenvalue weighted by Gasteiger charge is -2.14. The van der Waals surface area contributed by atoms with Crippen LogP contribution in [0.2, 0.25) is 15.1 Å². The van der Waals surface area contributed by atoms with Crippen LogP contribution in [0, 0.1) is 0 Å². The van der Waals surface area contributed by atoms with E-state index in [0.717, 1.165) is 5.56 Å². The summed E-state index contributed by atoms with van der Waals surface area (Å²) in [6.45, 7) is 6.67. The molecule has 0 aromatic heterocycles. The van der Waals surface area contributed by atoms with Crippen LogP contribution in [0.3, 0.4) is 0 Å². The first-order chi connectivity index (χ1) is 12.3. The Bertz CT molecular complexity index is 794. The van der Waals surface area contributed by atoms with Gasteiger partial charge in [-0.25, -0.2) is 0 Å². The van der Waals surface area contributed by atoms with Crippen molar-refractivity contribution < 1.29 is 14.3 Å². The van der Waals surface area contributed by atoms with Gasteiger partial charge < -0.3 is 14.8 Å². The zero-order valence-corrected chi connectivity index (χ0v) is 17.0. The van der Waals surface area contributed by atoms with E-state index in [1.165, 1.54) is 12.1 Å². The zero-order valence-electron chi connectivity index (χ0n) is 14.7. The van der Waals surface area contributed by atoms with Crippen LogP contribution in [0.4, 0.5) is 5.69 Å². The predicted molar refractivity (Wildman–Crippen MR) is 107 cm³/mol. The van der Waals surface area contributed by atoms with Crippen molar-refractivity contribution >= 4 is 46.4 Å². The van der Waals surface area contributed by atoms with Crippen LogP contribution in [0.1, 0.15) is 36.7 Å². The van der Waals surface area contributed by atoms with Gasteiger partial charge in [0.2, 0.25) is 0 Å². The Morgan fingerprint density at radius 2 is 1.77 bits per heavy atom. The highest BCUT2D eigenvalue weighted by atomic mass is 35.5. The molecule has 0 heterocycles. The minimum atomic E-state index is -0.320. The summed E-state index contributed by atoms with van der Waals surface area (Å²) in [5, 5.41) is 3.68. The number of carbonyl (C=O) groups excluding carboxylic acids is 1. The van der Waals surface area contributed by atoms with Gasteiger partial charge in [-0.05, 0) is 51.1 Å².